The van der Waals surface area contributed by atoms with Crippen LogP contribution in [0.25, 0.3) is 0 Å². The average Bonchev–Trinajstić information content (AvgIpc) is 2.85. The first kappa shape index (κ1) is 15.6. The average molecular weight is 342 g/mol. The predicted octanol–water partition coefficient (Wildman–Crippen LogP) is 3.99. The van der Waals surface area contributed by atoms with Crippen molar-refractivity contribution in [1.82, 2.24) is 5.32 Å². The molecule has 2 unspecified atom stereocenters. The maximum atomic E-state index is 5.35. The van der Waals surface area contributed by atoms with Crippen molar-refractivity contribution in [2.45, 2.75) is 32.7 Å². The summed E-state index contributed by atoms with van der Waals surface area (Å²) in [5.41, 5.74) is 1.20. The van der Waals surface area contributed by atoms with Crippen LogP contribution in [0.2, 0.25) is 0 Å². The second kappa shape index (κ2) is 7.32. The van der Waals surface area contributed by atoms with Crippen LogP contribution >= 0.6 is 15.9 Å². The SMILES string of the molecule is COc1cc(Br)c(CNCC2CCC(C)C2)cc1OC. The van der Waals surface area contributed by atoms with E-state index in [-0.39, 0.29) is 0 Å². The van der Waals surface area contributed by atoms with Crippen LogP contribution in [0.15, 0.2) is 16.6 Å². The topological polar surface area (TPSA) is 30.5 Å². The Bertz CT molecular complexity index is 450. The van der Waals surface area contributed by atoms with Gasteiger partial charge < -0.3 is 14.8 Å². The molecule has 0 saturated heterocycles. The van der Waals surface area contributed by atoms with Crippen LogP contribution in [0.3, 0.4) is 0 Å². The van der Waals surface area contributed by atoms with Crippen molar-refractivity contribution in [3.8, 4) is 11.5 Å². The van der Waals surface area contributed by atoms with E-state index < -0.39 is 0 Å². The Morgan fingerprint density at radius 1 is 1.20 bits per heavy atom. The van der Waals surface area contributed by atoms with Crippen LogP contribution in [-0.4, -0.2) is 20.8 Å². The molecule has 0 heterocycles. The summed E-state index contributed by atoms with van der Waals surface area (Å²) in [6, 6.07) is 4.00. The molecule has 0 spiro atoms. The fourth-order valence-electron chi connectivity index (χ4n) is 2.95. The van der Waals surface area contributed by atoms with Gasteiger partial charge in [-0.1, -0.05) is 29.3 Å². The van der Waals surface area contributed by atoms with Crippen LogP contribution in [0.5, 0.6) is 11.5 Å². The van der Waals surface area contributed by atoms with Crippen molar-refractivity contribution >= 4 is 15.9 Å². The van der Waals surface area contributed by atoms with Crippen molar-refractivity contribution in [2.75, 3.05) is 20.8 Å². The molecular weight excluding hydrogens is 318 g/mol. The maximum Gasteiger partial charge on any atom is 0.161 e. The second-order valence-corrected chi connectivity index (χ2v) is 6.57. The Morgan fingerprint density at radius 3 is 2.50 bits per heavy atom. The molecule has 0 aromatic heterocycles. The highest BCUT2D eigenvalue weighted by atomic mass is 79.9. The minimum Gasteiger partial charge on any atom is -0.493 e. The molecule has 3 nitrogen and oxygen atoms in total. The first-order valence-electron chi connectivity index (χ1n) is 7.25. The lowest BCUT2D eigenvalue weighted by Crippen LogP contribution is -2.21. The van der Waals surface area contributed by atoms with Gasteiger partial charge in [-0.05, 0) is 48.9 Å². The monoisotopic (exact) mass is 341 g/mol. The molecule has 2 atom stereocenters. The molecular formula is C16H24BrNO2. The molecule has 2 rings (SSSR count). The van der Waals surface area contributed by atoms with Gasteiger partial charge in [-0.2, -0.15) is 0 Å². The van der Waals surface area contributed by atoms with E-state index >= 15 is 0 Å². The molecule has 1 aliphatic carbocycles. The van der Waals surface area contributed by atoms with E-state index in [1.165, 1.54) is 24.8 Å². The molecule has 1 aromatic rings. The Hall–Kier alpha value is -0.740. The van der Waals surface area contributed by atoms with Gasteiger partial charge in [0.05, 0.1) is 14.2 Å². The van der Waals surface area contributed by atoms with Crippen LogP contribution in [0.1, 0.15) is 31.7 Å². The summed E-state index contributed by atoms with van der Waals surface area (Å²) in [6.45, 7) is 4.31. The number of halogens is 1. The molecule has 0 amide bonds. The van der Waals surface area contributed by atoms with Gasteiger partial charge in [-0.25, -0.2) is 0 Å². The molecule has 1 aromatic carbocycles. The van der Waals surface area contributed by atoms with E-state index in [4.69, 9.17) is 9.47 Å². The highest BCUT2D eigenvalue weighted by Gasteiger charge is 2.20. The van der Waals surface area contributed by atoms with Gasteiger partial charge in [-0.15, -0.1) is 0 Å². The molecule has 20 heavy (non-hydrogen) atoms. The second-order valence-electron chi connectivity index (χ2n) is 5.71. The lowest BCUT2D eigenvalue weighted by atomic mass is 10.1. The lowest BCUT2D eigenvalue weighted by Gasteiger charge is -2.14. The standard InChI is InChI=1S/C16H24BrNO2/c1-11-4-5-12(6-11)9-18-10-13-7-15(19-2)16(20-3)8-14(13)17/h7-8,11-12,18H,4-6,9-10H2,1-3H3. The van der Waals surface area contributed by atoms with Gasteiger partial charge >= 0.3 is 0 Å². The minimum atomic E-state index is 0.757. The summed E-state index contributed by atoms with van der Waals surface area (Å²) in [4.78, 5) is 0. The molecule has 0 aliphatic heterocycles. The fourth-order valence-corrected chi connectivity index (χ4v) is 3.42. The van der Waals surface area contributed by atoms with Gasteiger partial charge in [0.1, 0.15) is 0 Å². The zero-order valence-corrected chi connectivity index (χ0v) is 14.1. The molecule has 112 valence electrons. The minimum absolute atomic E-state index is 0.757. The molecule has 1 saturated carbocycles. The van der Waals surface area contributed by atoms with Crippen molar-refractivity contribution < 1.29 is 9.47 Å². The van der Waals surface area contributed by atoms with Gasteiger partial charge in [0, 0.05) is 11.0 Å². The lowest BCUT2D eigenvalue weighted by molar-refractivity contribution is 0.354. The summed E-state index contributed by atoms with van der Waals surface area (Å²) in [7, 11) is 3.33. The van der Waals surface area contributed by atoms with Crippen LogP contribution in [-0.2, 0) is 6.54 Å². The van der Waals surface area contributed by atoms with Crippen molar-refractivity contribution in [3.63, 3.8) is 0 Å². The van der Waals surface area contributed by atoms with Gasteiger partial charge in [-0.3, -0.25) is 0 Å². The fraction of sp³-hybridized carbons (Fsp3) is 0.625. The van der Waals surface area contributed by atoms with E-state index in [9.17, 15) is 0 Å². The largest absolute Gasteiger partial charge is 0.493 e. The zero-order chi connectivity index (χ0) is 14.5. The number of hydrogen-bond acceptors (Lipinski definition) is 3. The Kier molecular flexibility index (Phi) is 5.73. The first-order valence-corrected chi connectivity index (χ1v) is 8.04. The summed E-state index contributed by atoms with van der Waals surface area (Å²) in [5, 5.41) is 3.57. The Balaban J connectivity index is 1.92. The third-order valence-electron chi connectivity index (χ3n) is 4.10. The van der Waals surface area contributed by atoms with Crippen molar-refractivity contribution in [3.05, 3.63) is 22.2 Å². The number of nitrogens with one attached hydrogen (secondary N) is 1. The van der Waals surface area contributed by atoms with Crippen molar-refractivity contribution in [1.29, 1.82) is 0 Å². The summed E-state index contributed by atoms with van der Waals surface area (Å²) >= 11 is 3.60. The maximum absolute atomic E-state index is 5.35. The van der Waals surface area contributed by atoms with E-state index in [0.717, 1.165) is 40.9 Å². The molecule has 0 bridgehead atoms. The highest BCUT2D eigenvalue weighted by molar-refractivity contribution is 9.10. The van der Waals surface area contributed by atoms with E-state index in [1.54, 1.807) is 14.2 Å². The smallest absolute Gasteiger partial charge is 0.161 e. The summed E-state index contributed by atoms with van der Waals surface area (Å²) < 4.78 is 11.7. The molecule has 4 heteroatoms. The quantitative estimate of drug-likeness (QED) is 0.848. The summed E-state index contributed by atoms with van der Waals surface area (Å²) in [5.74, 6) is 3.27. The van der Waals surface area contributed by atoms with Gasteiger partial charge in [0.25, 0.3) is 0 Å². The van der Waals surface area contributed by atoms with Gasteiger partial charge in [0.2, 0.25) is 0 Å². The van der Waals surface area contributed by atoms with Gasteiger partial charge in [0.15, 0.2) is 11.5 Å². The van der Waals surface area contributed by atoms with E-state index in [1.807, 2.05) is 12.1 Å². The third-order valence-corrected chi connectivity index (χ3v) is 4.84. The Morgan fingerprint density at radius 2 is 1.90 bits per heavy atom. The highest BCUT2D eigenvalue weighted by Crippen LogP contribution is 2.33. The zero-order valence-electron chi connectivity index (χ0n) is 12.5. The van der Waals surface area contributed by atoms with E-state index in [2.05, 4.69) is 28.2 Å². The number of ether oxygens (including phenoxy) is 2. The molecule has 1 fully saturated rings. The summed E-state index contributed by atoms with van der Waals surface area (Å²) in [6.07, 6.45) is 4.10. The number of rotatable bonds is 6. The third kappa shape index (κ3) is 3.89. The van der Waals surface area contributed by atoms with Crippen LogP contribution < -0.4 is 14.8 Å². The first-order chi connectivity index (χ1) is 9.63. The number of benzene rings is 1. The van der Waals surface area contributed by atoms with Crippen LogP contribution in [0, 0.1) is 11.8 Å². The van der Waals surface area contributed by atoms with Crippen molar-refractivity contribution in [2.24, 2.45) is 11.8 Å². The predicted molar refractivity (Wildman–Crippen MR) is 85.5 cm³/mol. The molecule has 0 radical (unpaired) electrons. The normalized spacial score (nSPS) is 22.0. The Labute approximate surface area is 130 Å². The van der Waals surface area contributed by atoms with Crippen LogP contribution in [0.4, 0.5) is 0 Å². The number of methoxy groups -OCH3 is 2. The van der Waals surface area contributed by atoms with E-state index in [0.29, 0.717) is 0 Å². The molecule has 1 N–H and O–H groups in total. The molecule has 1 aliphatic rings. The number of hydrogen-bond donors (Lipinski definition) is 1.